The number of rotatable bonds is 7. The Morgan fingerprint density at radius 2 is 2.03 bits per heavy atom. The van der Waals surface area contributed by atoms with Gasteiger partial charge in [0.05, 0.1) is 17.2 Å². The third-order valence-electron chi connectivity index (χ3n) is 5.01. The van der Waals surface area contributed by atoms with Gasteiger partial charge in [-0.25, -0.2) is 9.18 Å². The lowest BCUT2D eigenvalue weighted by molar-refractivity contribution is -0.139. The van der Waals surface area contributed by atoms with E-state index < -0.39 is 17.8 Å². The summed E-state index contributed by atoms with van der Waals surface area (Å²) in [5, 5.41) is 15.1. The van der Waals surface area contributed by atoms with Crippen molar-refractivity contribution in [1.29, 1.82) is 0 Å². The highest BCUT2D eigenvalue weighted by atomic mass is 35.5. The van der Waals surface area contributed by atoms with Crippen LogP contribution in [0.5, 0.6) is 5.75 Å². The first-order valence-electron chi connectivity index (χ1n) is 10.1. The van der Waals surface area contributed by atoms with Gasteiger partial charge in [-0.1, -0.05) is 41.8 Å². The first-order chi connectivity index (χ1) is 15.5. The number of tetrazole rings is 1. The van der Waals surface area contributed by atoms with Gasteiger partial charge in [-0.05, 0) is 53.6 Å². The number of nitrogens with one attached hydrogen (secondary N) is 1. The number of allylic oxidation sites excluding steroid dienone is 1. The molecule has 0 saturated heterocycles. The smallest absolute Gasteiger partial charge is 0.338 e. The van der Waals surface area contributed by atoms with Crippen molar-refractivity contribution in [1.82, 2.24) is 20.2 Å². The van der Waals surface area contributed by atoms with Crippen LogP contribution in [0.4, 0.5) is 10.3 Å². The number of carbonyl (C=O) groups is 1. The number of hydrogen-bond donors (Lipinski definition) is 1. The van der Waals surface area contributed by atoms with Gasteiger partial charge < -0.3 is 14.8 Å². The lowest BCUT2D eigenvalue weighted by Gasteiger charge is -2.27. The van der Waals surface area contributed by atoms with Crippen molar-refractivity contribution in [3.8, 4) is 5.75 Å². The largest absolute Gasteiger partial charge is 0.489 e. The highest BCUT2D eigenvalue weighted by Gasteiger charge is 2.34. The average Bonchev–Trinajstić information content (AvgIpc) is 3.24. The van der Waals surface area contributed by atoms with Crippen LogP contribution in [-0.4, -0.2) is 32.8 Å². The second-order valence-corrected chi connectivity index (χ2v) is 7.61. The van der Waals surface area contributed by atoms with Crippen molar-refractivity contribution in [2.75, 3.05) is 11.9 Å². The summed E-state index contributed by atoms with van der Waals surface area (Å²) in [7, 11) is 0. The molecule has 32 heavy (non-hydrogen) atoms. The number of fused-ring (bicyclic) bond motifs is 1. The molecule has 2 heterocycles. The fourth-order valence-corrected chi connectivity index (χ4v) is 3.65. The summed E-state index contributed by atoms with van der Waals surface area (Å²) in [5.74, 6) is 0.0900. The van der Waals surface area contributed by atoms with Crippen LogP contribution in [0.3, 0.4) is 0 Å². The van der Waals surface area contributed by atoms with Crippen LogP contribution in [0.25, 0.3) is 0 Å². The molecule has 0 fully saturated rings. The van der Waals surface area contributed by atoms with E-state index in [0.717, 1.165) is 5.56 Å². The molecule has 1 unspecified atom stereocenters. The zero-order chi connectivity index (χ0) is 22.7. The highest BCUT2D eigenvalue weighted by Crippen LogP contribution is 2.35. The van der Waals surface area contributed by atoms with Crippen LogP contribution in [0, 0.1) is 5.82 Å². The van der Waals surface area contributed by atoms with Gasteiger partial charge in [0.1, 0.15) is 24.2 Å². The molecule has 0 aliphatic carbocycles. The van der Waals surface area contributed by atoms with Crippen LogP contribution < -0.4 is 10.1 Å². The Morgan fingerprint density at radius 1 is 1.25 bits per heavy atom. The standard InChI is InChI=1S/C22H21ClFN5O3/c1-3-11-31-21(30)19-13(2)25-22-26-27-28-29(22)20(19)14-7-9-15(10-8-14)32-12-16-17(23)5-4-6-18(16)24/h4-10,20H,3,11-12H2,1-2H3,(H,25,26,28). The molecule has 0 bridgehead atoms. The van der Waals surface area contributed by atoms with Crippen LogP contribution in [0.2, 0.25) is 5.02 Å². The van der Waals surface area contributed by atoms with Crippen LogP contribution in [0.15, 0.2) is 53.7 Å². The topological polar surface area (TPSA) is 91.2 Å². The number of carbonyl (C=O) groups excluding carboxylic acids is 1. The van der Waals surface area contributed by atoms with Crippen molar-refractivity contribution < 1.29 is 18.7 Å². The lowest BCUT2D eigenvalue weighted by atomic mass is 9.96. The lowest BCUT2D eigenvalue weighted by Crippen LogP contribution is -2.29. The van der Waals surface area contributed by atoms with Gasteiger partial charge in [-0.2, -0.15) is 4.68 Å². The zero-order valence-electron chi connectivity index (χ0n) is 17.5. The number of benzene rings is 2. The minimum absolute atomic E-state index is 0.0110. The third kappa shape index (κ3) is 4.29. The molecule has 4 rings (SSSR count). The van der Waals surface area contributed by atoms with E-state index in [2.05, 4.69) is 20.8 Å². The molecule has 0 spiro atoms. The van der Waals surface area contributed by atoms with Crippen molar-refractivity contribution in [3.63, 3.8) is 0 Å². The Labute approximate surface area is 189 Å². The van der Waals surface area contributed by atoms with E-state index in [1.807, 2.05) is 6.92 Å². The molecule has 2 aromatic carbocycles. The van der Waals surface area contributed by atoms with Crippen molar-refractivity contribution >= 4 is 23.5 Å². The number of halogens is 2. The Bertz CT molecular complexity index is 1140. The van der Waals surface area contributed by atoms with E-state index in [-0.39, 0.29) is 12.2 Å². The van der Waals surface area contributed by atoms with Crippen molar-refractivity contribution in [2.24, 2.45) is 0 Å². The molecule has 0 radical (unpaired) electrons. The first kappa shape index (κ1) is 21.8. The minimum Gasteiger partial charge on any atom is -0.489 e. The maximum Gasteiger partial charge on any atom is 0.338 e. The summed E-state index contributed by atoms with van der Waals surface area (Å²) in [6.07, 6.45) is 0.713. The molecule has 0 saturated carbocycles. The second-order valence-electron chi connectivity index (χ2n) is 7.21. The predicted octanol–water partition coefficient (Wildman–Crippen LogP) is 4.29. The van der Waals surface area contributed by atoms with Gasteiger partial charge >= 0.3 is 5.97 Å². The summed E-state index contributed by atoms with van der Waals surface area (Å²) in [6, 6.07) is 11.0. The van der Waals surface area contributed by atoms with Crippen LogP contribution in [0.1, 0.15) is 37.4 Å². The number of nitrogens with zero attached hydrogens (tertiary/aromatic N) is 4. The maximum atomic E-state index is 14.0. The molecular weight excluding hydrogens is 437 g/mol. The van der Waals surface area contributed by atoms with Crippen molar-refractivity contribution in [3.05, 3.63) is 75.7 Å². The molecule has 0 amide bonds. The van der Waals surface area contributed by atoms with Gasteiger partial charge in [0, 0.05) is 11.3 Å². The summed E-state index contributed by atoms with van der Waals surface area (Å²) in [4.78, 5) is 12.8. The third-order valence-corrected chi connectivity index (χ3v) is 5.37. The first-order valence-corrected chi connectivity index (χ1v) is 10.5. The molecule has 1 aromatic heterocycles. The number of aromatic nitrogens is 4. The summed E-state index contributed by atoms with van der Waals surface area (Å²) >= 11 is 6.06. The van der Waals surface area contributed by atoms with Crippen LogP contribution in [-0.2, 0) is 16.1 Å². The van der Waals surface area contributed by atoms with Gasteiger partial charge in [-0.15, -0.1) is 0 Å². The molecule has 10 heteroatoms. The van der Waals surface area contributed by atoms with E-state index in [1.165, 1.54) is 10.7 Å². The van der Waals surface area contributed by atoms with Gasteiger partial charge in [0.2, 0.25) is 5.95 Å². The Hall–Kier alpha value is -3.46. The van der Waals surface area contributed by atoms with E-state index >= 15 is 0 Å². The van der Waals surface area contributed by atoms with E-state index in [1.54, 1.807) is 43.3 Å². The fraction of sp³-hybridized carbons (Fsp3) is 0.273. The maximum absolute atomic E-state index is 14.0. The SMILES string of the molecule is CCCOC(=O)C1=C(C)Nc2nnnn2C1c1ccc(OCc2c(F)cccc2Cl)cc1. The highest BCUT2D eigenvalue weighted by molar-refractivity contribution is 6.31. The Morgan fingerprint density at radius 3 is 2.75 bits per heavy atom. The summed E-state index contributed by atoms with van der Waals surface area (Å²) in [6.45, 7) is 4.01. The van der Waals surface area contributed by atoms with E-state index in [9.17, 15) is 9.18 Å². The molecule has 3 aromatic rings. The van der Waals surface area contributed by atoms with Gasteiger partial charge in [-0.3, -0.25) is 0 Å². The fourth-order valence-electron chi connectivity index (χ4n) is 3.43. The Kier molecular flexibility index (Phi) is 6.36. The average molecular weight is 458 g/mol. The van der Waals surface area contributed by atoms with Gasteiger partial charge in [0.25, 0.3) is 0 Å². The minimum atomic E-state index is -0.569. The number of anilines is 1. The summed E-state index contributed by atoms with van der Waals surface area (Å²) in [5.41, 5.74) is 2.09. The molecule has 1 atom stereocenters. The van der Waals surface area contributed by atoms with Crippen molar-refractivity contribution in [2.45, 2.75) is 32.9 Å². The zero-order valence-corrected chi connectivity index (χ0v) is 18.3. The number of esters is 1. The molecule has 1 aliphatic heterocycles. The summed E-state index contributed by atoms with van der Waals surface area (Å²) < 4.78 is 26.6. The van der Waals surface area contributed by atoms with E-state index in [0.29, 0.717) is 41.0 Å². The molecular formula is C22H21ClFN5O3. The predicted molar refractivity (Wildman–Crippen MR) is 116 cm³/mol. The molecule has 1 N–H and O–H groups in total. The molecule has 8 nitrogen and oxygen atoms in total. The quantitative estimate of drug-likeness (QED) is 0.529. The number of hydrogen-bond acceptors (Lipinski definition) is 7. The number of ether oxygens (including phenoxy) is 2. The molecule has 1 aliphatic rings. The second kappa shape index (κ2) is 9.35. The Balaban J connectivity index is 1.59. The monoisotopic (exact) mass is 457 g/mol. The van der Waals surface area contributed by atoms with Crippen LogP contribution >= 0.6 is 11.6 Å². The normalized spacial score (nSPS) is 15.2. The van der Waals surface area contributed by atoms with E-state index in [4.69, 9.17) is 21.1 Å². The van der Waals surface area contributed by atoms with Gasteiger partial charge in [0.15, 0.2) is 0 Å². The molecule has 166 valence electrons.